The minimum atomic E-state index is -0.346. The van der Waals surface area contributed by atoms with Crippen LogP contribution in [-0.4, -0.2) is 27.4 Å². The highest BCUT2D eigenvalue weighted by Gasteiger charge is 2.17. The van der Waals surface area contributed by atoms with Crippen molar-refractivity contribution < 1.29 is 14.4 Å². The van der Waals surface area contributed by atoms with E-state index in [9.17, 15) is 14.4 Å². The number of aromatic nitrogens is 2. The fraction of sp³-hybridized carbons (Fsp3) is 0.0625. The van der Waals surface area contributed by atoms with Gasteiger partial charge in [-0.2, -0.15) is 0 Å². The van der Waals surface area contributed by atoms with Gasteiger partial charge < -0.3 is 16.0 Å². The number of nitrogen functional groups attached to an aromatic ring is 1. The molecule has 0 fully saturated rings. The molecule has 4 N–H and O–H groups in total. The number of carbonyl (C=O) groups is 3. The van der Waals surface area contributed by atoms with Gasteiger partial charge in [0.15, 0.2) is 11.6 Å². The molecule has 0 spiro atoms. The number of aromatic amines is 1. The van der Waals surface area contributed by atoms with Crippen molar-refractivity contribution in [1.29, 1.82) is 0 Å². The van der Waals surface area contributed by atoms with Crippen LogP contribution in [0.5, 0.6) is 0 Å². The number of H-pyrrole nitrogens is 1. The van der Waals surface area contributed by atoms with E-state index in [1.54, 1.807) is 86.6 Å². The van der Waals surface area contributed by atoms with Crippen LogP contribution in [0.15, 0.2) is 103 Å². The van der Waals surface area contributed by atoms with Gasteiger partial charge in [-0.3, -0.25) is 14.4 Å². The first-order chi connectivity index (χ1) is 18.8. The van der Waals surface area contributed by atoms with Crippen LogP contribution in [0.3, 0.4) is 0 Å². The molecular weight excluding hydrogens is 488 g/mol. The van der Waals surface area contributed by atoms with Crippen molar-refractivity contribution in [3.63, 3.8) is 0 Å². The summed E-state index contributed by atoms with van der Waals surface area (Å²) >= 11 is 0. The number of allylic oxidation sites excluding steroid dienone is 1. The van der Waals surface area contributed by atoms with Crippen molar-refractivity contribution >= 4 is 45.5 Å². The number of nitrogens with one attached hydrogen (secondary N) is 2. The minimum Gasteiger partial charge on any atom is -0.397 e. The smallest absolute Gasteiger partial charge is 0.251 e. The van der Waals surface area contributed by atoms with E-state index in [1.807, 2.05) is 24.3 Å². The molecule has 0 radical (unpaired) electrons. The Kier molecular flexibility index (Phi) is 6.89. The van der Waals surface area contributed by atoms with Crippen molar-refractivity contribution in [2.75, 3.05) is 11.1 Å². The lowest BCUT2D eigenvalue weighted by atomic mass is 10.0. The molecule has 0 atom stereocenters. The molecule has 1 heterocycles. The molecule has 0 aliphatic carbocycles. The number of anilines is 2. The van der Waals surface area contributed by atoms with Crippen LogP contribution in [0.25, 0.3) is 16.6 Å². The third-order valence-corrected chi connectivity index (χ3v) is 6.64. The summed E-state index contributed by atoms with van der Waals surface area (Å²) in [6, 6.07) is 28.1. The Morgan fingerprint density at radius 3 is 1.87 bits per heavy atom. The van der Waals surface area contributed by atoms with Crippen LogP contribution in [0.2, 0.25) is 0 Å². The van der Waals surface area contributed by atoms with E-state index in [4.69, 9.17) is 5.73 Å². The third-order valence-electron chi connectivity index (χ3n) is 6.64. The van der Waals surface area contributed by atoms with Crippen molar-refractivity contribution in [1.82, 2.24) is 9.97 Å². The van der Waals surface area contributed by atoms with E-state index >= 15 is 0 Å². The average molecular weight is 515 g/mol. The number of amides is 1. The van der Waals surface area contributed by atoms with Crippen molar-refractivity contribution in [3.8, 4) is 0 Å². The maximum absolute atomic E-state index is 13.1. The number of fused-ring (bicyclic) bond motifs is 1. The van der Waals surface area contributed by atoms with Crippen molar-refractivity contribution in [2.45, 2.75) is 13.8 Å². The van der Waals surface area contributed by atoms with Gasteiger partial charge in [-0.15, -0.1) is 0 Å². The number of nitrogens with two attached hydrogens (primary N) is 1. The molecule has 5 aromatic rings. The monoisotopic (exact) mass is 514 g/mol. The number of imidazole rings is 1. The Bertz CT molecular complexity index is 1750. The van der Waals surface area contributed by atoms with E-state index in [2.05, 4.69) is 15.3 Å². The quantitative estimate of drug-likeness (QED) is 0.139. The molecule has 1 aromatic heterocycles. The highest BCUT2D eigenvalue weighted by molar-refractivity contribution is 6.12. The molecule has 7 nitrogen and oxygen atoms in total. The Morgan fingerprint density at radius 2 is 1.28 bits per heavy atom. The van der Waals surface area contributed by atoms with Gasteiger partial charge >= 0.3 is 0 Å². The van der Waals surface area contributed by atoms with Crippen LogP contribution in [0.1, 0.15) is 51.5 Å². The van der Waals surface area contributed by atoms with E-state index < -0.39 is 0 Å². The molecule has 0 aliphatic heterocycles. The Labute approximate surface area is 225 Å². The third kappa shape index (κ3) is 5.24. The zero-order valence-electron chi connectivity index (χ0n) is 21.5. The van der Waals surface area contributed by atoms with E-state index in [0.717, 1.165) is 0 Å². The molecule has 7 heteroatoms. The van der Waals surface area contributed by atoms with E-state index in [1.165, 1.54) is 0 Å². The highest BCUT2D eigenvalue weighted by atomic mass is 16.2. The number of rotatable bonds is 7. The molecule has 0 saturated carbocycles. The molecule has 0 bridgehead atoms. The van der Waals surface area contributed by atoms with Gasteiger partial charge in [0.25, 0.3) is 5.91 Å². The van der Waals surface area contributed by atoms with Crippen LogP contribution in [0.4, 0.5) is 11.4 Å². The first kappa shape index (κ1) is 25.4. The highest BCUT2D eigenvalue weighted by Crippen LogP contribution is 2.25. The summed E-state index contributed by atoms with van der Waals surface area (Å²) in [5.74, 6) is -0.0448. The Hall–Kier alpha value is -5.30. The lowest BCUT2D eigenvalue weighted by Crippen LogP contribution is -2.15. The zero-order valence-corrected chi connectivity index (χ0v) is 21.5. The van der Waals surface area contributed by atoms with Gasteiger partial charge in [0.1, 0.15) is 5.82 Å². The number of carbonyl (C=O) groups excluding carboxylic acids is 3. The fourth-order valence-corrected chi connectivity index (χ4v) is 4.22. The molecular formula is C32H26N4O3. The second-order valence-corrected chi connectivity index (χ2v) is 9.21. The summed E-state index contributed by atoms with van der Waals surface area (Å²) in [6.45, 7) is 3.50. The SMILES string of the molecule is C/C(C(=O)Nc1ccc(C(=O)c2ccccc2)cc1N)=C(/C)c1nc2ccc(C(=O)c3ccccc3)cc2[nH]1. The van der Waals surface area contributed by atoms with Crippen molar-refractivity contribution in [3.05, 3.63) is 131 Å². The molecule has 0 aliphatic rings. The van der Waals surface area contributed by atoms with Gasteiger partial charge in [0.2, 0.25) is 0 Å². The number of ketones is 2. The summed E-state index contributed by atoms with van der Waals surface area (Å²) in [5, 5.41) is 2.82. The molecule has 192 valence electrons. The van der Waals surface area contributed by atoms with Gasteiger partial charge in [-0.1, -0.05) is 60.7 Å². The second kappa shape index (κ2) is 10.6. The fourth-order valence-electron chi connectivity index (χ4n) is 4.22. The predicted octanol–water partition coefficient (Wildman–Crippen LogP) is 6.04. The molecule has 0 saturated heterocycles. The summed E-state index contributed by atoms with van der Waals surface area (Å²) in [7, 11) is 0. The summed E-state index contributed by atoms with van der Waals surface area (Å²) in [5.41, 5.74) is 11.5. The van der Waals surface area contributed by atoms with Crippen LogP contribution < -0.4 is 11.1 Å². The summed E-state index contributed by atoms with van der Waals surface area (Å²) in [6.07, 6.45) is 0. The molecule has 39 heavy (non-hydrogen) atoms. The Morgan fingerprint density at radius 1 is 0.718 bits per heavy atom. The molecule has 0 unspecified atom stereocenters. The predicted molar refractivity (Wildman–Crippen MR) is 154 cm³/mol. The number of hydrogen-bond donors (Lipinski definition) is 3. The minimum absolute atomic E-state index is 0.0782. The zero-order chi connectivity index (χ0) is 27.5. The molecule has 5 rings (SSSR count). The molecule has 4 aromatic carbocycles. The maximum atomic E-state index is 13.1. The van der Waals surface area contributed by atoms with E-state index in [0.29, 0.717) is 55.9 Å². The normalized spacial score (nSPS) is 11.6. The number of nitrogens with zero attached hydrogens (tertiary/aromatic N) is 1. The summed E-state index contributed by atoms with van der Waals surface area (Å²) in [4.78, 5) is 46.4. The van der Waals surface area contributed by atoms with Gasteiger partial charge in [-0.05, 0) is 50.2 Å². The van der Waals surface area contributed by atoms with Crippen molar-refractivity contribution in [2.24, 2.45) is 0 Å². The lowest BCUT2D eigenvalue weighted by Gasteiger charge is -2.11. The first-order valence-electron chi connectivity index (χ1n) is 12.4. The number of hydrogen-bond acceptors (Lipinski definition) is 5. The number of benzene rings is 4. The van der Waals surface area contributed by atoms with Gasteiger partial charge in [-0.25, -0.2) is 4.98 Å². The Balaban J connectivity index is 1.35. The lowest BCUT2D eigenvalue weighted by molar-refractivity contribution is -0.112. The summed E-state index contributed by atoms with van der Waals surface area (Å²) < 4.78 is 0. The standard InChI is InChI=1S/C32H26N4O3/c1-19(31-34-27-16-14-24(18-28(27)35-31)30(38)22-11-7-4-8-12-22)20(2)32(39)36-26-15-13-23(17-25(26)33)29(37)21-9-5-3-6-10-21/h3-18H,33H2,1-2H3,(H,34,35)(H,36,39)/b20-19+. The van der Waals surface area contributed by atoms with E-state index in [-0.39, 0.29) is 23.2 Å². The topological polar surface area (TPSA) is 118 Å². The van der Waals surface area contributed by atoms with Crippen LogP contribution in [0, 0.1) is 0 Å². The largest absolute Gasteiger partial charge is 0.397 e. The first-order valence-corrected chi connectivity index (χ1v) is 12.4. The maximum Gasteiger partial charge on any atom is 0.251 e. The van der Waals surface area contributed by atoms with Gasteiger partial charge in [0.05, 0.1) is 22.4 Å². The van der Waals surface area contributed by atoms with Gasteiger partial charge in [0, 0.05) is 33.4 Å². The van der Waals surface area contributed by atoms with Crippen LogP contribution in [-0.2, 0) is 4.79 Å². The molecule has 1 amide bonds. The van der Waals surface area contributed by atoms with Crippen LogP contribution >= 0.6 is 0 Å². The average Bonchev–Trinajstić information content (AvgIpc) is 3.41. The second-order valence-electron chi connectivity index (χ2n) is 9.21.